The molecule has 2 aliphatic heterocycles. The molecular formula is C52H53BN2. The van der Waals surface area contributed by atoms with E-state index in [1.807, 2.05) is 0 Å². The summed E-state index contributed by atoms with van der Waals surface area (Å²) in [4.78, 5) is 5.16. The second-order valence-electron chi connectivity index (χ2n) is 18.4. The van der Waals surface area contributed by atoms with Gasteiger partial charge in [-0.2, -0.15) is 0 Å². The number of anilines is 6. The van der Waals surface area contributed by atoms with Crippen molar-refractivity contribution in [3.05, 3.63) is 162 Å². The van der Waals surface area contributed by atoms with Crippen LogP contribution in [0, 0.1) is 11.8 Å². The third-order valence-corrected chi connectivity index (χ3v) is 12.2. The molecule has 5 aromatic carbocycles. The topological polar surface area (TPSA) is 6.48 Å². The molecule has 0 spiro atoms. The van der Waals surface area contributed by atoms with Crippen LogP contribution in [0.2, 0.25) is 0 Å². The van der Waals surface area contributed by atoms with Crippen molar-refractivity contribution >= 4 is 68.4 Å². The van der Waals surface area contributed by atoms with Gasteiger partial charge in [0.25, 0.3) is 6.71 Å². The van der Waals surface area contributed by atoms with Crippen molar-refractivity contribution in [3.63, 3.8) is 0 Å². The molecule has 0 bridgehead atoms. The molecule has 2 aliphatic carbocycles. The zero-order valence-electron chi connectivity index (χ0n) is 33.8. The monoisotopic (exact) mass is 716 g/mol. The van der Waals surface area contributed by atoms with Crippen LogP contribution in [0.5, 0.6) is 0 Å². The Morgan fingerprint density at radius 3 is 1.33 bits per heavy atom. The fourth-order valence-electron chi connectivity index (χ4n) is 9.26. The number of hydrogen-bond acceptors (Lipinski definition) is 2. The lowest BCUT2D eigenvalue weighted by Gasteiger charge is -2.45. The van der Waals surface area contributed by atoms with E-state index >= 15 is 0 Å². The Balaban J connectivity index is 1.37. The number of fused-ring (bicyclic) bond motifs is 4. The molecule has 0 aromatic heterocycles. The van der Waals surface area contributed by atoms with Crippen LogP contribution in [0.4, 0.5) is 34.1 Å². The second-order valence-corrected chi connectivity index (χ2v) is 18.4. The first-order valence-corrected chi connectivity index (χ1v) is 20.4. The third kappa shape index (κ3) is 6.04. The lowest BCUT2D eigenvalue weighted by atomic mass is 9.33. The van der Waals surface area contributed by atoms with Gasteiger partial charge >= 0.3 is 0 Å². The molecule has 0 fully saturated rings. The van der Waals surface area contributed by atoms with Gasteiger partial charge in [0, 0.05) is 33.9 Å². The normalized spacial score (nSPS) is 18.7. The van der Waals surface area contributed by atoms with Gasteiger partial charge in [0.2, 0.25) is 0 Å². The van der Waals surface area contributed by atoms with E-state index in [0.29, 0.717) is 11.8 Å². The number of hydrogen-bond donors (Lipinski definition) is 0. The second kappa shape index (κ2) is 13.2. The molecule has 0 N–H and O–H groups in total. The van der Waals surface area contributed by atoms with Crippen LogP contribution in [0.25, 0.3) is 11.1 Å². The Morgan fingerprint density at radius 2 is 0.909 bits per heavy atom. The van der Waals surface area contributed by atoms with Crippen molar-refractivity contribution in [2.24, 2.45) is 11.8 Å². The minimum atomic E-state index is -0.000487. The van der Waals surface area contributed by atoms with E-state index in [-0.39, 0.29) is 17.5 Å². The van der Waals surface area contributed by atoms with E-state index in [0.717, 1.165) is 12.8 Å². The van der Waals surface area contributed by atoms with Crippen molar-refractivity contribution in [2.45, 2.75) is 79.1 Å². The van der Waals surface area contributed by atoms with Gasteiger partial charge in [0.1, 0.15) is 0 Å². The van der Waals surface area contributed by atoms with E-state index < -0.39 is 0 Å². The quantitative estimate of drug-likeness (QED) is 0.167. The first kappa shape index (κ1) is 35.4. The van der Waals surface area contributed by atoms with Gasteiger partial charge in [-0.25, -0.2) is 0 Å². The maximum Gasteiger partial charge on any atom is 0.252 e. The third-order valence-electron chi connectivity index (χ3n) is 12.2. The largest absolute Gasteiger partial charge is 0.311 e. The van der Waals surface area contributed by atoms with Gasteiger partial charge in [-0.1, -0.05) is 159 Å². The summed E-state index contributed by atoms with van der Waals surface area (Å²) in [5, 5.41) is 0. The average Bonchev–Trinajstić information content (AvgIpc) is 3.17. The first-order valence-electron chi connectivity index (χ1n) is 20.4. The summed E-state index contributed by atoms with van der Waals surface area (Å²) in [5.41, 5.74) is 19.4. The van der Waals surface area contributed by atoms with Gasteiger partial charge in [0.15, 0.2) is 0 Å². The zero-order valence-corrected chi connectivity index (χ0v) is 33.8. The molecule has 3 heteroatoms. The van der Waals surface area contributed by atoms with E-state index in [4.69, 9.17) is 0 Å². The fraction of sp³-hybridized carbons (Fsp3) is 0.269. The van der Waals surface area contributed by atoms with Crippen molar-refractivity contribution in [2.75, 3.05) is 9.80 Å². The van der Waals surface area contributed by atoms with Crippen LogP contribution in [-0.2, 0) is 10.8 Å². The highest BCUT2D eigenvalue weighted by molar-refractivity contribution is 7.00. The van der Waals surface area contributed by atoms with Crippen LogP contribution in [0.3, 0.4) is 0 Å². The number of benzene rings is 5. The van der Waals surface area contributed by atoms with Crippen LogP contribution < -0.4 is 26.2 Å². The molecule has 9 rings (SSSR count). The summed E-state index contributed by atoms with van der Waals surface area (Å²) < 4.78 is 0. The molecule has 0 radical (unpaired) electrons. The Kier molecular flexibility index (Phi) is 8.50. The van der Waals surface area contributed by atoms with Crippen molar-refractivity contribution in [1.82, 2.24) is 0 Å². The van der Waals surface area contributed by atoms with Crippen molar-refractivity contribution in [3.8, 4) is 0 Å². The molecular weight excluding hydrogens is 663 g/mol. The van der Waals surface area contributed by atoms with E-state index in [9.17, 15) is 0 Å². The van der Waals surface area contributed by atoms with Gasteiger partial charge in [-0.3, -0.25) is 0 Å². The Bertz CT molecular complexity index is 2300. The van der Waals surface area contributed by atoms with Gasteiger partial charge < -0.3 is 9.80 Å². The molecule has 0 saturated carbocycles. The zero-order chi connectivity index (χ0) is 38.2. The average molecular weight is 717 g/mol. The molecule has 2 atom stereocenters. The summed E-state index contributed by atoms with van der Waals surface area (Å²) in [5.74, 6) is 1.01. The summed E-state index contributed by atoms with van der Waals surface area (Å²) in [6.45, 7) is 18.8. The van der Waals surface area contributed by atoms with Gasteiger partial charge in [-0.15, -0.1) is 0 Å². The summed E-state index contributed by atoms with van der Waals surface area (Å²) >= 11 is 0. The molecule has 5 aromatic rings. The minimum absolute atomic E-state index is 0.000487. The summed E-state index contributed by atoms with van der Waals surface area (Å²) in [6, 6.07) is 39.7. The Morgan fingerprint density at radius 1 is 0.491 bits per heavy atom. The Hall–Kier alpha value is -5.28. The standard InChI is InChI=1S/C52H53BN2/c1-34-16-13-18-36(30-34)40-20-9-11-22-44(40)54-46-28-26-38(51(3,4)5)32-42(46)53-43-33-39(52(6,7)8)27-29-47(43)55(49-25-15-24-48(54)50(49)53)45-23-12-10-21-41(45)37-19-14-17-35(2)31-37/h9-15,18-35H,16-17H2,1-8H3. The molecule has 2 unspecified atom stereocenters. The summed E-state index contributed by atoms with van der Waals surface area (Å²) in [6.07, 6.45) is 16.4. The first-order chi connectivity index (χ1) is 26.4. The highest BCUT2D eigenvalue weighted by atomic mass is 15.2. The van der Waals surface area contributed by atoms with E-state index in [1.54, 1.807) is 0 Å². The molecule has 2 heterocycles. The highest BCUT2D eigenvalue weighted by Gasteiger charge is 2.44. The molecule has 55 heavy (non-hydrogen) atoms. The predicted molar refractivity (Wildman–Crippen MR) is 240 cm³/mol. The predicted octanol–water partition coefficient (Wildman–Crippen LogP) is 12.3. The maximum absolute atomic E-state index is 2.58. The molecule has 274 valence electrons. The van der Waals surface area contributed by atoms with E-state index in [2.05, 4.69) is 205 Å². The number of para-hydroxylation sites is 2. The number of rotatable bonds is 4. The smallest absolute Gasteiger partial charge is 0.252 e. The maximum atomic E-state index is 2.58. The lowest BCUT2D eigenvalue weighted by molar-refractivity contribution is 0.590. The lowest BCUT2D eigenvalue weighted by Crippen LogP contribution is -2.61. The highest BCUT2D eigenvalue weighted by Crippen LogP contribution is 2.48. The number of nitrogens with zero attached hydrogens (tertiary/aromatic N) is 2. The molecule has 2 nitrogen and oxygen atoms in total. The fourth-order valence-corrected chi connectivity index (χ4v) is 9.26. The van der Waals surface area contributed by atoms with Gasteiger partial charge in [-0.05, 0) is 111 Å². The SMILES string of the molecule is CC1C=C(c2ccccc2N2c3ccc(C(C)(C)C)cc3B3c4cc(C(C)(C)C)ccc4N(c4ccccc4C4=CC(C)CC=C4)c4cccc2c43)C=CC1. The van der Waals surface area contributed by atoms with Crippen LogP contribution in [0.1, 0.15) is 90.5 Å². The van der Waals surface area contributed by atoms with Crippen LogP contribution >= 0.6 is 0 Å². The Labute approximate surface area is 329 Å². The molecule has 4 aliphatic rings. The van der Waals surface area contributed by atoms with Gasteiger partial charge in [0.05, 0.1) is 11.4 Å². The molecule has 0 amide bonds. The summed E-state index contributed by atoms with van der Waals surface area (Å²) in [7, 11) is 0. The number of allylic oxidation sites excluding steroid dienone is 8. The van der Waals surface area contributed by atoms with Crippen molar-refractivity contribution < 1.29 is 0 Å². The van der Waals surface area contributed by atoms with E-state index in [1.165, 1.54) is 83.9 Å². The minimum Gasteiger partial charge on any atom is -0.311 e. The van der Waals surface area contributed by atoms with Crippen LogP contribution in [0.15, 0.2) is 140 Å². The molecule has 0 saturated heterocycles. The van der Waals surface area contributed by atoms with Crippen LogP contribution in [-0.4, -0.2) is 6.71 Å². The van der Waals surface area contributed by atoms with Crippen molar-refractivity contribution in [1.29, 1.82) is 0 Å².